The van der Waals surface area contributed by atoms with Crippen LogP contribution in [0.5, 0.6) is 0 Å². The van der Waals surface area contributed by atoms with Gasteiger partial charge in [-0.3, -0.25) is 0 Å². The second kappa shape index (κ2) is 12.6. The molecule has 0 radical (unpaired) electrons. The lowest BCUT2D eigenvalue weighted by Gasteiger charge is -2.29. The molecular formula is C53H42. The first-order valence-corrected chi connectivity index (χ1v) is 19.1. The Balaban J connectivity index is 0.986. The van der Waals surface area contributed by atoms with Crippen molar-refractivity contribution < 1.29 is 0 Å². The lowest BCUT2D eigenvalue weighted by molar-refractivity contribution is 0.622. The van der Waals surface area contributed by atoms with Gasteiger partial charge in [-0.2, -0.15) is 0 Å². The van der Waals surface area contributed by atoms with Crippen LogP contribution in [0.25, 0.3) is 61.0 Å². The van der Waals surface area contributed by atoms with Crippen molar-refractivity contribution in [1.29, 1.82) is 0 Å². The van der Waals surface area contributed by atoms with Crippen LogP contribution < -0.4 is 0 Å². The van der Waals surface area contributed by atoms with E-state index >= 15 is 0 Å². The zero-order valence-electron chi connectivity index (χ0n) is 30.4. The molecule has 0 aromatic heterocycles. The van der Waals surface area contributed by atoms with E-state index in [1.165, 1.54) is 88.3 Å². The minimum atomic E-state index is -0.0457. The SMILES string of the molecule is CC1(C)c2ccccc2-c2ccc(-c3c4ccccc4c(-c4ccc(C=CC5=CC=C(C6=CC=CC7C=CC=CC67)CC5)cc4)c4ccccc34)cc21. The molecule has 0 saturated heterocycles. The molecule has 0 heteroatoms. The van der Waals surface area contributed by atoms with E-state index in [0.29, 0.717) is 11.8 Å². The Kier molecular flexibility index (Phi) is 7.55. The second-order valence-electron chi connectivity index (χ2n) is 15.5. The van der Waals surface area contributed by atoms with E-state index in [2.05, 4.69) is 196 Å². The third-order valence-corrected chi connectivity index (χ3v) is 12.2. The van der Waals surface area contributed by atoms with Crippen molar-refractivity contribution in [1.82, 2.24) is 0 Å². The average Bonchev–Trinajstić information content (AvgIpc) is 3.44. The van der Waals surface area contributed by atoms with Gasteiger partial charge in [0.15, 0.2) is 0 Å². The highest BCUT2D eigenvalue weighted by atomic mass is 14.4. The zero-order chi connectivity index (χ0) is 35.5. The number of hydrogen-bond acceptors (Lipinski definition) is 0. The molecule has 6 aromatic carbocycles. The van der Waals surface area contributed by atoms with E-state index in [0.717, 1.165) is 12.8 Å². The van der Waals surface area contributed by atoms with Crippen LogP contribution in [0.4, 0.5) is 0 Å². The van der Waals surface area contributed by atoms with Gasteiger partial charge in [-0.05, 0) is 107 Å². The zero-order valence-corrected chi connectivity index (χ0v) is 30.4. The Morgan fingerprint density at radius 1 is 0.528 bits per heavy atom. The lowest BCUT2D eigenvalue weighted by Crippen LogP contribution is -2.17. The summed E-state index contributed by atoms with van der Waals surface area (Å²) in [4.78, 5) is 0. The van der Waals surface area contributed by atoms with E-state index in [-0.39, 0.29) is 5.41 Å². The topological polar surface area (TPSA) is 0 Å². The summed E-state index contributed by atoms with van der Waals surface area (Å²) in [5, 5.41) is 5.16. The molecule has 4 aliphatic carbocycles. The highest BCUT2D eigenvalue weighted by Crippen LogP contribution is 2.51. The molecule has 2 atom stereocenters. The van der Waals surface area contributed by atoms with Gasteiger partial charge in [0.1, 0.15) is 0 Å². The summed E-state index contributed by atoms with van der Waals surface area (Å²) < 4.78 is 0. The highest BCUT2D eigenvalue weighted by Gasteiger charge is 2.35. The van der Waals surface area contributed by atoms with Gasteiger partial charge in [0.05, 0.1) is 0 Å². The van der Waals surface area contributed by atoms with Gasteiger partial charge in [-0.25, -0.2) is 0 Å². The lowest BCUT2D eigenvalue weighted by atomic mass is 9.75. The number of allylic oxidation sites excluding steroid dienone is 13. The summed E-state index contributed by atoms with van der Waals surface area (Å²) in [6.45, 7) is 4.74. The summed E-state index contributed by atoms with van der Waals surface area (Å²) in [5.74, 6) is 0.953. The number of fused-ring (bicyclic) bond motifs is 6. The van der Waals surface area contributed by atoms with Gasteiger partial charge in [-0.15, -0.1) is 0 Å². The molecule has 0 nitrogen and oxygen atoms in total. The fourth-order valence-corrected chi connectivity index (χ4v) is 9.45. The van der Waals surface area contributed by atoms with Crippen LogP contribution in [0.15, 0.2) is 193 Å². The molecule has 0 saturated carbocycles. The van der Waals surface area contributed by atoms with Crippen molar-refractivity contribution >= 4 is 27.6 Å². The van der Waals surface area contributed by atoms with Crippen molar-refractivity contribution in [2.45, 2.75) is 32.1 Å². The van der Waals surface area contributed by atoms with Gasteiger partial charge in [0.25, 0.3) is 0 Å². The minimum absolute atomic E-state index is 0.0457. The molecule has 254 valence electrons. The van der Waals surface area contributed by atoms with E-state index in [1.54, 1.807) is 0 Å². The van der Waals surface area contributed by atoms with Crippen LogP contribution in [0.3, 0.4) is 0 Å². The van der Waals surface area contributed by atoms with Crippen molar-refractivity contribution in [2.75, 3.05) is 0 Å². The molecule has 0 heterocycles. The molecule has 6 aromatic rings. The number of benzene rings is 6. The van der Waals surface area contributed by atoms with Gasteiger partial charge in [-0.1, -0.05) is 190 Å². The van der Waals surface area contributed by atoms with Crippen molar-refractivity contribution in [3.8, 4) is 33.4 Å². The third kappa shape index (κ3) is 5.28. The quantitative estimate of drug-likeness (QED) is 0.159. The molecule has 0 spiro atoms. The van der Waals surface area contributed by atoms with Gasteiger partial charge in [0.2, 0.25) is 0 Å². The first kappa shape index (κ1) is 31.7. The van der Waals surface area contributed by atoms with E-state index < -0.39 is 0 Å². The molecule has 0 amide bonds. The molecule has 4 aliphatic rings. The van der Waals surface area contributed by atoms with Crippen LogP contribution in [0.2, 0.25) is 0 Å². The standard InChI is InChI=1S/C53H42/c1-53(2)49-21-10-9-15-43(49)44-33-32-40(34-50(44)53)52-47-18-7-5-16-45(47)51(46-17-6-8-19-48(46)52)39-30-26-36(27-31-39)23-22-35-24-28-38(29-25-35)42-20-11-13-37-12-3-4-14-41(37)42/h3-24,26-28,30-34,37,41H,25,29H2,1-2H3. The predicted octanol–water partition coefficient (Wildman–Crippen LogP) is 14.1. The van der Waals surface area contributed by atoms with Crippen LogP contribution in [-0.4, -0.2) is 0 Å². The molecule has 0 aliphatic heterocycles. The van der Waals surface area contributed by atoms with E-state index in [4.69, 9.17) is 0 Å². The largest absolute Gasteiger partial charge is 0.0767 e. The van der Waals surface area contributed by atoms with Gasteiger partial charge < -0.3 is 0 Å². The predicted molar refractivity (Wildman–Crippen MR) is 227 cm³/mol. The third-order valence-electron chi connectivity index (χ3n) is 12.2. The molecule has 0 N–H and O–H groups in total. The molecule has 2 unspecified atom stereocenters. The highest BCUT2D eigenvalue weighted by molar-refractivity contribution is 6.21. The van der Waals surface area contributed by atoms with Gasteiger partial charge in [0, 0.05) is 17.3 Å². The Morgan fingerprint density at radius 2 is 1.15 bits per heavy atom. The summed E-state index contributed by atoms with van der Waals surface area (Å²) in [7, 11) is 0. The summed E-state index contributed by atoms with van der Waals surface area (Å²) >= 11 is 0. The van der Waals surface area contributed by atoms with Crippen molar-refractivity contribution in [3.63, 3.8) is 0 Å². The number of hydrogen-bond donors (Lipinski definition) is 0. The fraction of sp³-hybridized carbons (Fsp3) is 0.132. The Labute approximate surface area is 313 Å². The molecule has 10 rings (SSSR count). The van der Waals surface area contributed by atoms with E-state index in [9.17, 15) is 0 Å². The van der Waals surface area contributed by atoms with Crippen LogP contribution >= 0.6 is 0 Å². The Hall–Kier alpha value is -5.98. The summed E-state index contributed by atoms with van der Waals surface area (Å²) in [5.41, 5.74) is 16.2. The summed E-state index contributed by atoms with van der Waals surface area (Å²) in [6.07, 6.45) is 27.3. The molecule has 0 bridgehead atoms. The Morgan fingerprint density at radius 3 is 1.87 bits per heavy atom. The maximum absolute atomic E-state index is 2.47. The Bertz CT molecular complexity index is 2620. The second-order valence-corrected chi connectivity index (χ2v) is 15.5. The molecular weight excluding hydrogens is 637 g/mol. The van der Waals surface area contributed by atoms with Crippen molar-refractivity contribution in [3.05, 3.63) is 209 Å². The first-order chi connectivity index (χ1) is 26.0. The molecule has 0 fully saturated rings. The minimum Gasteiger partial charge on any atom is -0.0767 e. The maximum Gasteiger partial charge on any atom is 0.0159 e. The first-order valence-electron chi connectivity index (χ1n) is 19.1. The van der Waals surface area contributed by atoms with Crippen LogP contribution in [-0.2, 0) is 5.41 Å². The van der Waals surface area contributed by atoms with E-state index in [1.807, 2.05) is 0 Å². The summed E-state index contributed by atoms with van der Waals surface area (Å²) in [6, 6.07) is 43.2. The van der Waals surface area contributed by atoms with Crippen LogP contribution in [0, 0.1) is 11.8 Å². The average molecular weight is 679 g/mol. The van der Waals surface area contributed by atoms with Gasteiger partial charge >= 0.3 is 0 Å². The smallest absolute Gasteiger partial charge is 0.0159 e. The fourth-order valence-electron chi connectivity index (χ4n) is 9.45. The monoisotopic (exact) mass is 678 g/mol. The van der Waals surface area contributed by atoms with Crippen LogP contribution in [0.1, 0.15) is 43.4 Å². The maximum atomic E-state index is 2.47. The molecule has 53 heavy (non-hydrogen) atoms. The normalized spacial score (nSPS) is 19.5. The van der Waals surface area contributed by atoms with Crippen molar-refractivity contribution in [2.24, 2.45) is 11.8 Å². The number of rotatable bonds is 5.